The number of hydrogen-bond acceptors (Lipinski definition) is 4. The predicted octanol–water partition coefficient (Wildman–Crippen LogP) is 5.95. The quantitative estimate of drug-likeness (QED) is 0.376. The molecular formula is C22H17F4N3O2S. The third-order valence-corrected chi connectivity index (χ3v) is 5.08. The summed E-state index contributed by atoms with van der Waals surface area (Å²) in [6, 6.07) is 8.65. The Morgan fingerprint density at radius 2 is 1.91 bits per heavy atom. The van der Waals surface area contributed by atoms with Gasteiger partial charge < -0.3 is 5.32 Å². The van der Waals surface area contributed by atoms with Crippen LogP contribution in [-0.2, 0) is 15.8 Å². The van der Waals surface area contributed by atoms with Gasteiger partial charge in [0, 0.05) is 18.4 Å². The average Bonchev–Trinajstić information content (AvgIpc) is 3.17. The van der Waals surface area contributed by atoms with E-state index in [0.29, 0.717) is 5.69 Å². The maximum Gasteiger partial charge on any atom is 0.416 e. The first kappa shape index (κ1) is 23.1. The number of halogens is 4. The standard InChI is InChI=1S/C22H17F4N3O2S/c1-13-6-8-18(23)19(10-13)28-20(31)9-7-16-12-32-21(27-16)29(14(2)30)17-5-3-4-15(11-17)22(24,25)26/h3-12H,1-2H3,(H,28,31)/b9-7+. The summed E-state index contributed by atoms with van der Waals surface area (Å²) in [5.74, 6) is -1.70. The largest absolute Gasteiger partial charge is 0.416 e. The molecular weight excluding hydrogens is 446 g/mol. The van der Waals surface area contributed by atoms with Crippen LogP contribution < -0.4 is 10.2 Å². The van der Waals surface area contributed by atoms with Crippen molar-refractivity contribution < 1.29 is 27.2 Å². The molecule has 166 valence electrons. The zero-order valence-electron chi connectivity index (χ0n) is 16.9. The van der Waals surface area contributed by atoms with E-state index in [0.717, 1.165) is 40.0 Å². The van der Waals surface area contributed by atoms with Crippen molar-refractivity contribution in [3.8, 4) is 0 Å². The normalized spacial score (nSPS) is 11.6. The van der Waals surface area contributed by atoms with Crippen LogP contribution in [0.2, 0.25) is 0 Å². The molecule has 0 radical (unpaired) electrons. The van der Waals surface area contributed by atoms with Gasteiger partial charge >= 0.3 is 6.18 Å². The van der Waals surface area contributed by atoms with Crippen molar-refractivity contribution in [2.75, 3.05) is 10.2 Å². The lowest BCUT2D eigenvalue weighted by Gasteiger charge is -2.19. The van der Waals surface area contributed by atoms with Gasteiger partial charge in [-0.2, -0.15) is 13.2 Å². The fourth-order valence-corrected chi connectivity index (χ4v) is 3.63. The van der Waals surface area contributed by atoms with Crippen molar-refractivity contribution in [2.24, 2.45) is 0 Å². The SMILES string of the molecule is CC(=O)N(c1cccc(C(F)(F)F)c1)c1nc(/C=C/C(=O)Nc2cc(C)ccc2F)cs1. The van der Waals surface area contributed by atoms with Crippen molar-refractivity contribution in [1.29, 1.82) is 0 Å². The number of benzene rings is 2. The molecule has 2 amide bonds. The zero-order valence-corrected chi connectivity index (χ0v) is 17.7. The average molecular weight is 463 g/mol. The topological polar surface area (TPSA) is 62.3 Å². The molecule has 0 bridgehead atoms. The van der Waals surface area contributed by atoms with Crippen LogP contribution in [0.15, 0.2) is 53.9 Å². The third kappa shape index (κ3) is 5.58. The highest BCUT2D eigenvalue weighted by molar-refractivity contribution is 7.14. The number of thiazole rings is 1. The summed E-state index contributed by atoms with van der Waals surface area (Å²) in [6.07, 6.45) is -2.06. The van der Waals surface area contributed by atoms with Crippen molar-refractivity contribution in [3.05, 3.63) is 76.6 Å². The number of carbonyl (C=O) groups excluding carboxylic acids is 2. The summed E-state index contributed by atoms with van der Waals surface area (Å²) in [6.45, 7) is 2.97. The highest BCUT2D eigenvalue weighted by atomic mass is 32.1. The number of amides is 2. The summed E-state index contributed by atoms with van der Waals surface area (Å²) >= 11 is 1.02. The highest BCUT2D eigenvalue weighted by Gasteiger charge is 2.31. The Balaban J connectivity index is 1.79. The van der Waals surface area contributed by atoms with E-state index in [4.69, 9.17) is 0 Å². The number of hydrogen-bond donors (Lipinski definition) is 1. The van der Waals surface area contributed by atoms with Gasteiger partial charge in [-0.1, -0.05) is 12.1 Å². The van der Waals surface area contributed by atoms with Gasteiger partial charge in [0.15, 0.2) is 5.13 Å². The van der Waals surface area contributed by atoms with E-state index in [1.807, 2.05) is 0 Å². The Labute approximate surface area is 185 Å². The number of rotatable bonds is 5. The summed E-state index contributed by atoms with van der Waals surface area (Å²) in [7, 11) is 0. The van der Waals surface area contributed by atoms with Crippen LogP contribution in [0.25, 0.3) is 6.08 Å². The van der Waals surface area contributed by atoms with Crippen molar-refractivity contribution >= 4 is 45.7 Å². The van der Waals surface area contributed by atoms with Crippen LogP contribution in [0.1, 0.15) is 23.7 Å². The van der Waals surface area contributed by atoms with Gasteiger partial charge in [0.05, 0.1) is 22.6 Å². The Kier molecular flexibility index (Phi) is 6.73. The number of aryl methyl sites for hydroxylation is 1. The Morgan fingerprint density at radius 1 is 1.16 bits per heavy atom. The molecule has 2 aromatic carbocycles. The molecule has 0 aliphatic rings. The summed E-state index contributed by atoms with van der Waals surface area (Å²) in [5.41, 5.74) is 0.241. The lowest BCUT2D eigenvalue weighted by molar-refractivity contribution is -0.137. The molecule has 0 saturated heterocycles. The summed E-state index contributed by atoms with van der Waals surface area (Å²) in [5, 5.41) is 4.10. The molecule has 0 aliphatic carbocycles. The lowest BCUT2D eigenvalue weighted by atomic mass is 10.2. The minimum Gasteiger partial charge on any atom is -0.320 e. The fraction of sp³-hybridized carbons (Fsp3) is 0.136. The molecule has 32 heavy (non-hydrogen) atoms. The van der Waals surface area contributed by atoms with Crippen LogP contribution in [-0.4, -0.2) is 16.8 Å². The van der Waals surface area contributed by atoms with Gasteiger partial charge in [0.1, 0.15) is 5.82 Å². The Morgan fingerprint density at radius 3 is 2.59 bits per heavy atom. The number of aromatic nitrogens is 1. The van der Waals surface area contributed by atoms with Crippen LogP contribution >= 0.6 is 11.3 Å². The van der Waals surface area contributed by atoms with Crippen molar-refractivity contribution in [2.45, 2.75) is 20.0 Å². The van der Waals surface area contributed by atoms with Gasteiger partial charge in [0.2, 0.25) is 11.8 Å². The third-order valence-electron chi connectivity index (χ3n) is 4.23. The van der Waals surface area contributed by atoms with Crippen LogP contribution in [0, 0.1) is 12.7 Å². The molecule has 1 heterocycles. The van der Waals surface area contributed by atoms with E-state index in [2.05, 4.69) is 10.3 Å². The van der Waals surface area contributed by atoms with Crippen LogP contribution in [0.5, 0.6) is 0 Å². The van der Waals surface area contributed by atoms with E-state index in [1.165, 1.54) is 42.6 Å². The number of alkyl halides is 3. The molecule has 1 aromatic heterocycles. The first-order valence-corrected chi connectivity index (χ1v) is 10.1. The first-order valence-electron chi connectivity index (χ1n) is 9.23. The molecule has 0 aliphatic heterocycles. The number of nitrogens with one attached hydrogen (secondary N) is 1. The number of carbonyl (C=O) groups is 2. The maximum absolute atomic E-state index is 13.8. The molecule has 5 nitrogen and oxygen atoms in total. The fourth-order valence-electron chi connectivity index (χ4n) is 2.77. The van der Waals surface area contributed by atoms with Gasteiger partial charge in [-0.25, -0.2) is 9.37 Å². The van der Waals surface area contributed by atoms with Gasteiger partial charge in [-0.3, -0.25) is 14.5 Å². The zero-order chi connectivity index (χ0) is 23.5. The molecule has 1 N–H and O–H groups in total. The lowest BCUT2D eigenvalue weighted by Crippen LogP contribution is -2.23. The minimum atomic E-state index is -4.56. The number of nitrogens with zero attached hydrogens (tertiary/aromatic N) is 2. The minimum absolute atomic E-state index is 0.0184. The molecule has 0 spiro atoms. The Hall–Kier alpha value is -3.53. The van der Waals surface area contributed by atoms with E-state index in [-0.39, 0.29) is 16.5 Å². The van der Waals surface area contributed by atoms with E-state index in [1.54, 1.807) is 13.0 Å². The molecule has 3 aromatic rings. The summed E-state index contributed by atoms with van der Waals surface area (Å²) in [4.78, 5) is 29.5. The Bertz CT molecular complexity index is 1190. The van der Waals surface area contributed by atoms with Gasteiger partial charge in [-0.15, -0.1) is 11.3 Å². The first-order chi connectivity index (χ1) is 15.0. The molecule has 0 unspecified atom stereocenters. The second-order valence-electron chi connectivity index (χ2n) is 6.76. The molecule has 10 heteroatoms. The van der Waals surface area contributed by atoms with Gasteiger partial charge in [-0.05, 0) is 48.9 Å². The second-order valence-corrected chi connectivity index (χ2v) is 7.60. The number of anilines is 3. The molecule has 0 atom stereocenters. The molecule has 0 saturated carbocycles. The van der Waals surface area contributed by atoms with Crippen molar-refractivity contribution in [3.63, 3.8) is 0 Å². The predicted molar refractivity (Wildman–Crippen MR) is 115 cm³/mol. The van der Waals surface area contributed by atoms with Crippen molar-refractivity contribution in [1.82, 2.24) is 4.98 Å². The monoisotopic (exact) mass is 463 g/mol. The smallest absolute Gasteiger partial charge is 0.320 e. The van der Waals surface area contributed by atoms with E-state index < -0.39 is 29.4 Å². The highest BCUT2D eigenvalue weighted by Crippen LogP contribution is 2.35. The molecule has 3 rings (SSSR count). The van der Waals surface area contributed by atoms with Gasteiger partial charge in [0.25, 0.3) is 0 Å². The maximum atomic E-state index is 13.8. The van der Waals surface area contributed by atoms with E-state index >= 15 is 0 Å². The molecule has 0 fully saturated rings. The van der Waals surface area contributed by atoms with E-state index in [9.17, 15) is 27.2 Å². The van der Waals surface area contributed by atoms with Crippen LogP contribution in [0.3, 0.4) is 0 Å². The van der Waals surface area contributed by atoms with Crippen LogP contribution in [0.4, 0.5) is 34.1 Å². The summed E-state index contributed by atoms with van der Waals surface area (Å²) < 4.78 is 52.9. The second kappa shape index (κ2) is 9.31.